The Morgan fingerprint density at radius 2 is 1.76 bits per heavy atom. The number of anilines is 1. The van der Waals surface area contributed by atoms with Gasteiger partial charge in [-0.25, -0.2) is 4.98 Å². The van der Waals surface area contributed by atoms with Crippen LogP contribution in [0.3, 0.4) is 0 Å². The first-order valence-electron chi connectivity index (χ1n) is 10.8. The number of aromatic nitrogens is 4. The quantitative estimate of drug-likeness (QED) is 0.350. The van der Waals surface area contributed by atoms with Gasteiger partial charge in [0.1, 0.15) is 12.4 Å². The van der Waals surface area contributed by atoms with E-state index < -0.39 is 0 Å². The zero-order chi connectivity index (χ0) is 23.2. The molecule has 0 saturated carbocycles. The Morgan fingerprint density at radius 1 is 0.912 bits per heavy atom. The summed E-state index contributed by atoms with van der Waals surface area (Å²) in [7, 11) is 0. The summed E-state index contributed by atoms with van der Waals surface area (Å²) in [5, 5.41) is 10.3. The predicted molar refractivity (Wildman–Crippen MR) is 130 cm³/mol. The molecule has 0 aliphatic rings. The predicted octanol–water partition coefficient (Wildman–Crippen LogP) is 5.37. The van der Waals surface area contributed by atoms with E-state index in [0.29, 0.717) is 35.3 Å². The molecule has 0 atom stereocenters. The van der Waals surface area contributed by atoms with Crippen molar-refractivity contribution in [2.45, 2.75) is 6.61 Å². The molecule has 2 aromatic heterocycles. The molecular formula is C27H21N5O2. The maximum absolute atomic E-state index is 13.0. The lowest BCUT2D eigenvalue weighted by atomic mass is 10.1. The highest BCUT2D eigenvalue weighted by Crippen LogP contribution is 2.27. The van der Waals surface area contributed by atoms with Gasteiger partial charge in [0.2, 0.25) is 0 Å². The number of ether oxygens (including phenoxy) is 1. The second-order valence-corrected chi connectivity index (χ2v) is 7.55. The van der Waals surface area contributed by atoms with Gasteiger partial charge in [0.25, 0.3) is 5.91 Å². The molecule has 34 heavy (non-hydrogen) atoms. The van der Waals surface area contributed by atoms with Crippen LogP contribution in [0.15, 0.2) is 103 Å². The highest BCUT2D eigenvalue weighted by atomic mass is 16.5. The summed E-state index contributed by atoms with van der Waals surface area (Å²) in [4.78, 5) is 21.7. The molecule has 7 heteroatoms. The lowest BCUT2D eigenvalue weighted by Crippen LogP contribution is -2.13. The molecule has 0 unspecified atom stereocenters. The Bertz CT molecular complexity index is 1400. The van der Waals surface area contributed by atoms with Crippen molar-refractivity contribution in [3.8, 4) is 28.5 Å². The largest absolute Gasteiger partial charge is 0.489 e. The van der Waals surface area contributed by atoms with Crippen molar-refractivity contribution in [1.29, 1.82) is 0 Å². The van der Waals surface area contributed by atoms with E-state index in [1.807, 2.05) is 72.8 Å². The van der Waals surface area contributed by atoms with E-state index in [1.54, 1.807) is 30.6 Å². The van der Waals surface area contributed by atoms with Gasteiger partial charge >= 0.3 is 0 Å². The smallest absolute Gasteiger partial charge is 0.255 e. The molecule has 5 aromatic rings. The molecule has 0 saturated heterocycles. The minimum absolute atomic E-state index is 0.248. The van der Waals surface area contributed by atoms with Gasteiger partial charge in [-0.3, -0.25) is 14.9 Å². The number of pyridine rings is 1. The number of H-pyrrole nitrogens is 1. The summed E-state index contributed by atoms with van der Waals surface area (Å²) in [5.41, 5.74) is 3.73. The van der Waals surface area contributed by atoms with E-state index >= 15 is 0 Å². The van der Waals surface area contributed by atoms with Crippen molar-refractivity contribution in [3.05, 3.63) is 115 Å². The number of nitrogens with one attached hydrogen (secondary N) is 2. The molecule has 0 aliphatic heterocycles. The number of carbonyl (C=O) groups excluding carboxylic acids is 1. The molecule has 3 aromatic carbocycles. The van der Waals surface area contributed by atoms with E-state index in [0.717, 1.165) is 16.7 Å². The number of amides is 1. The first-order valence-corrected chi connectivity index (χ1v) is 10.8. The van der Waals surface area contributed by atoms with Gasteiger partial charge in [-0.2, -0.15) is 5.10 Å². The normalized spacial score (nSPS) is 10.6. The number of hydrogen-bond acceptors (Lipinski definition) is 5. The average Bonchev–Trinajstić information content (AvgIpc) is 3.39. The van der Waals surface area contributed by atoms with Crippen molar-refractivity contribution in [1.82, 2.24) is 20.2 Å². The first-order chi connectivity index (χ1) is 16.8. The Labute approximate surface area is 196 Å². The van der Waals surface area contributed by atoms with Crippen LogP contribution in [0, 0.1) is 0 Å². The fraction of sp³-hybridized carbons (Fsp3) is 0.0370. The summed E-state index contributed by atoms with van der Waals surface area (Å²) >= 11 is 0. The summed E-state index contributed by atoms with van der Waals surface area (Å²) in [6.07, 6.45) is 3.47. The summed E-state index contributed by atoms with van der Waals surface area (Å²) in [5.74, 6) is 1.52. The van der Waals surface area contributed by atoms with Gasteiger partial charge in [0, 0.05) is 34.6 Å². The number of nitrogens with zero attached hydrogens (tertiary/aromatic N) is 3. The molecule has 2 N–H and O–H groups in total. The number of benzene rings is 3. The molecule has 0 fully saturated rings. The van der Waals surface area contributed by atoms with Crippen LogP contribution in [0.25, 0.3) is 22.8 Å². The standard InChI is InChI=1S/C27H21N5O2/c33-27(21-11-6-12-22(16-21)34-18-19-8-7-15-28-17-19)29-24-14-5-4-13-23(24)26-30-25(31-32-26)20-9-2-1-3-10-20/h1-17H,18H2,(H,29,33)(H,30,31,32). The Hall–Kier alpha value is -4.78. The number of aromatic amines is 1. The van der Waals surface area contributed by atoms with Crippen LogP contribution >= 0.6 is 0 Å². The van der Waals surface area contributed by atoms with E-state index in [4.69, 9.17) is 4.74 Å². The number of carbonyl (C=O) groups is 1. The maximum Gasteiger partial charge on any atom is 0.255 e. The molecule has 1 amide bonds. The SMILES string of the molecule is O=C(Nc1ccccc1-c1nc(-c2ccccc2)n[nH]1)c1cccc(OCc2cccnc2)c1. The molecule has 0 radical (unpaired) electrons. The van der Waals surface area contributed by atoms with E-state index in [2.05, 4.69) is 25.5 Å². The number of para-hydroxylation sites is 1. The molecule has 7 nitrogen and oxygen atoms in total. The van der Waals surface area contributed by atoms with Gasteiger partial charge in [-0.1, -0.05) is 54.6 Å². The summed E-state index contributed by atoms with van der Waals surface area (Å²) in [6.45, 7) is 0.372. The van der Waals surface area contributed by atoms with Crippen molar-refractivity contribution < 1.29 is 9.53 Å². The maximum atomic E-state index is 13.0. The third kappa shape index (κ3) is 4.83. The molecule has 0 aliphatic carbocycles. The van der Waals surface area contributed by atoms with Crippen LogP contribution in [-0.4, -0.2) is 26.1 Å². The lowest BCUT2D eigenvalue weighted by molar-refractivity contribution is 0.102. The van der Waals surface area contributed by atoms with E-state index in [9.17, 15) is 4.79 Å². The Morgan fingerprint density at radius 3 is 2.62 bits per heavy atom. The third-order valence-corrected chi connectivity index (χ3v) is 5.17. The zero-order valence-electron chi connectivity index (χ0n) is 18.2. The fourth-order valence-corrected chi connectivity index (χ4v) is 3.47. The number of hydrogen-bond donors (Lipinski definition) is 2. The molecule has 0 bridgehead atoms. The second kappa shape index (κ2) is 9.79. The molecule has 0 spiro atoms. The first kappa shape index (κ1) is 21.1. The van der Waals surface area contributed by atoms with Crippen LogP contribution in [0.5, 0.6) is 5.75 Å². The highest BCUT2D eigenvalue weighted by molar-refractivity contribution is 6.06. The van der Waals surface area contributed by atoms with E-state index in [-0.39, 0.29) is 5.91 Å². The molecule has 166 valence electrons. The minimum Gasteiger partial charge on any atom is -0.489 e. The zero-order valence-corrected chi connectivity index (χ0v) is 18.2. The summed E-state index contributed by atoms with van der Waals surface area (Å²) in [6, 6.07) is 28.1. The van der Waals surface area contributed by atoms with Crippen LogP contribution in [0.1, 0.15) is 15.9 Å². The van der Waals surface area contributed by atoms with Gasteiger partial charge in [0.05, 0.1) is 5.69 Å². The van der Waals surface area contributed by atoms with Gasteiger partial charge < -0.3 is 10.1 Å². The monoisotopic (exact) mass is 447 g/mol. The van der Waals surface area contributed by atoms with Crippen LogP contribution in [0.2, 0.25) is 0 Å². The molecular weight excluding hydrogens is 426 g/mol. The van der Waals surface area contributed by atoms with Gasteiger partial charge in [-0.05, 0) is 36.4 Å². The van der Waals surface area contributed by atoms with Crippen molar-refractivity contribution in [2.75, 3.05) is 5.32 Å². The van der Waals surface area contributed by atoms with Crippen LogP contribution < -0.4 is 10.1 Å². The van der Waals surface area contributed by atoms with Crippen LogP contribution in [-0.2, 0) is 6.61 Å². The second-order valence-electron chi connectivity index (χ2n) is 7.55. The van der Waals surface area contributed by atoms with Crippen molar-refractivity contribution in [3.63, 3.8) is 0 Å². The Balaban J connectivity index is 1.33. The molecule has 2 heterocycles. The van der Waals surface area contributed by atoms with E-state index in [1.165, 1.54) is 0 Å². The highest BCUT2D eigenvalue weighted by Gasteiger charge is 2.14. The fourth-order valence-electron chi connectivity index (χ4n) is 3.47. The lowest BCUT2D eigenvalue weighted by Gasteiger charge is -2.11. The topological polar surface area (TPSA) is 92.8 Å². The third-order valence-electron chi connectivity index (χ3n) is 5.17. The Kier molecular flexibility index (Phi) is 6.07. The van der Waals surface area contributed by atoms with Crippen LogP contribution in [0.4, 0.5) is 5.69 Å². The average molecular weight is 447 g/mol. The molecule has 5 rings (SSSR count). The van der Waals surface area contributed by atoms with Gasteiger partial charge in [-0.15, -0.1) is 0 Å². The van der Waals surface area contributed by atoms with Crippen molar-refractivity contribution in [2.24, 2.45) is 0 Å². The number of rotatable bonds is 7. The summed E-state index contributed by atoms with van der Waals surface area (Å²) < 4.78 is 5.83. The van der Waals surface area contributed by atoms with Gasteiger partial charge in [0.15, 0.2) is 11.6 Å². The van der Waals surface area contributed by atoms with Crippen molar-refractivity contribution >= 4 is 11.6 Å². The minimum atomic E-state index is -0.248.